The van der Waals surface area contributed by atoms with Crippen molar-refractivity contribution in [3.63, 3.8) is 0 Å². The third kappa shape index (κ3) is 4.38. The lowest BCUT2D eigenvalue weighted by molar-refractivity contribution is 0.0955. The molecule has 0 unspecified atom stereocenters. The Morgan fingerprint density at radius 2 is 2.04 bits per heavy atom. The van der Waals surface area contributed by atoms with E-state index in [0.717, 1.165) is 22.5 Å². The summed E-state index contributed by atoms with van der Waals surface area (Å²) in [5, 5.41) is 8.39. The summed E-state index contributed by atoms with van der Waals surface area (Å²) in [6.45, 7) is 4.69. The molecule has 0 aliphatic rings. The average Bonchev–Trinajstić information content (AvgIpc) is 2.93. The molecule has 0 radical (unpaired) electrons. The van der Waals surface area contributed by atoms with Crippen molar-refractivity contribution in [1.29, 1.82) is 0 Å². The molecule has 6 nitrogen and oxygen atoms in total. The summed E-state index contributed by atoms with van der Waals surface area (Å²) in [5.74, 6) is -0.252. The summed E-state index contributed by atoms with van der Waals surface area (Å²) in [7, 11) is 0. The molecule has 25 heavy (non-hydrogen) atoms. The van der Waals surface area contributed by atoms with Gasteiger partial charge in [0.2, 0.25) is 0 Å². The molecule has 0 atom stereocenters. The molecule has 3 aromatic rings. The van der Waals surface area contributed by atoms with Crippen LogP contribution in [-0.2, 0) is 6.54 Å². The van der Waals surface area contributed by atoms with Gasteiger partial charge in [0.15, 0.2) is 0 Å². The van der Waals surface area contributed by atoms with Crippen molar-refractivity contribution in [2.45, 2.75) is 20.4 Å². The highest BCUT2D eigenvalue weighted by atomic mass is 16.2. The van der Waals surface area contributed by atoms with E-state index in [9.17, 15) is 4.79 Å². The molecule has 3 rings (SSSR count). The van der Waals surface area contributed by atoms with Crippen molar-refractivity contribution < 1.29 is 4.79 Å². The summed E-state index contributed by atoms with van der Waals surface area (Å²) >= 11 is 0. The first-order chi connectivity index (χ1) is 12.1. The Kier molecular flexibility index (Phi) is 4.99. The van der Waals surface area contributed by atoms with Gasteiger partial charge in [0.1, 0.15) is 0 Å². The van der Waals surface area contributed by atoms with Crippen LogP contribution in [0.1, 0.15) is 32.9 Å². The molecular formula is C19H19N5O. The van der Waals surface area contributed by atoms with Crippen molar-refractivity contribution in [3.05, 3.63) is 82.9 Å². The lowest BCUT2D eigenvalue weighted by Gasteiger charge is -2.06. The number of hydrazone groups is 1. The predicted octanol–water partition coefficient (Wildman–Crippen LogP) is 2.71. The zero-order valence-electron chi connectivity index (χ0n) is 14.2. The first-order valence-electron chi connectivity index (χ1n) is 7.95. The number of benzene rings is 1. The number of nitrogens with one attached hydrogen (secondary N) is 1. The van der Waals surface area contributed by atoms with Crippen molar-refractivity contribution in [3.8, 4) is 0 Å². The van der Waals surface area contributed by atoms with Gasteiger partial charge in [-0.15, -0.1) is 0 Å². The fourth-order valence-corrected chi connectivity index (χ4v) is 2.45. The minimum Gasteiger partial charge on any atom is -0.267 e. The third-order valence-corrected chi connectivity index (χ3v) is 3.72. The van der Waals surface area contributed by atoms with Gasteiger partial charge in [0.25, 0.3) is 5.91 Å². The van der Waals surface area contributed by atoms with E-state index in [1.807, 2.05) is 48.9 Å². The van der Waals surface area contributed by atoms with E-state index >= 15 is 0 Å². The van der Waals surface area contributed by atoms with Crippen molar-refractivity contribution in [2.24, 2.45) is 5.10 Å². The maximum absolute atomic E-state index is 12.1. The number of amides is 1. The summed E-state index contributed by atoms with van der Waals surface area (Å²) in [5.41, 5.74) is 7.09. The van der Waals surface area contributed by atoms with Crippen LogP contribution in [0.4, 0.5) is 0 Å². The second kappa shape index (κ2) is 7.53. The highest BCUT2D eigenvalue weighted by Gasteiger charge is 2.06. The third-order valence-electron chi connectivity index (χ3n) is 3.72. The van der Waals surface area contributed by atoms with Crippen LogP contribution in [0.3, 0.4) is 0 Å². The summed E-state index contributed by atoms with van der Waals surface area (Å²) in [4.78, 5) is 16.1. The van der Waals surface area contributed by atoms with Gasteiger partial charge >= 0.3 is 0 Å². The van der Waals surface area contributed by atoms with Crippen LogP contribution in [0.15, 0.2) is 60.0 Å². The molecule has 1 aromatic carbocycles. The molecule has 1 N–H and O–H groups in total. The Morgan fingerprint density at radius 1 is 1.24 bits per heavy atom. The average molecular weight is 333 g/mol. The molecule has 0 saturated carbocycles. The van der Waals surface area contributed by atoms with Crippen LogP contribution in [0.25, 0.3) is 0 Å². The summed E-state index contributed by atoms with van der Waals surface area (Å²) in [6, 6.07) is 13.1. The van der Waals surface area contributed by atoms with E-state index in [0.29, 0.717) is 12.1 Å². The van der Waals surface area contributed by atoms with Crippen LogP contribution in [-0.4, -0.2) is 26.9 Å². The van der Waals surface area contributed by atoms with Crippen LogP contribution in [0.2, 0.25) is 0 Å². The van der Waals surface area contributed by atoms with E-state index in [4.69, 9.17) is 0 Å². The van der Waals surface area contributed by atoms with E-state index in [2.05, 4.69) is 20.6 Å². The smallest absolute Gasteiger partial charge is 0.267 e. The molecule has 0 bridgehead atoms. The topological polar surface area (TPSA) is 72.2 Å². The van der Waals surface area contributed by atoms with Crippen LogP contribution in [0, 0.1) is 13.8 Å². The van der Waals surface area contributed by atoms with Crippen molar-refractivity contribution in [2.75, 3.05) is 0 Å². The van der Waals surface area contributed by atoms with Crippen molar-refractivity contribution >= 4 is 12.1 Å². The quantitative estimate of drug-likeness (QED) is 0.576. The normalized spacial score (nSPS) is 11.0. The van der Waals surface area contributed by atoms with E-state index in [1.54, 1.807) is 30.7 Å². The number of aromatic nitrogens is 3. The van der Waals surface area contributed by atoms with Crippen LogP contribution < -0.4 is 5.43 Å². The Balaban J connectivity index is 1.60. The maximum Gasteiger partial charge on any atom is 0.271 e. The summed E-state index contributed by atoms with van der Waals surface area (Å²) < 4.78 is 1.95. The highest BCUT2D eigenvalue weighted by Crippen LogP contribution is 2.09. The number of aryl methyl sites for hydroxylation is 2. The van der Waals surface area contributed by atoms with Gasteiger partial charge in [0, 0.05) is 29.2 Å². The van der Waals surface area contributed by atoms with Gasteiger partial charge in [-0.3, -0.25) is 14.5 Å². The zero-order chi connectivity index (χ0) is 17.6. The molecule has 2 aromatic heterocycles. The van der Waals surface area contributed by atoms with Gasteiger partial charge in [-0.2, -0.15) is 10.2 Å². The minimum absolute atomic E-state index is 0.252. The molecule has 0 fully saturated rings. The number of nitrogens with zero attached hydrogens (tertiary/aromatic N) is 4. The molecule has 1 amide bonds. The zero-order valence-corrected chi connectivity index (χ0v) is 14.2. The highest BCUT2D eigenvalue weighted by molar-refractivity contribution is 5.94. The minimum atomic E-state index is -0.252. The van der Waals surface area contributed by atoms with Crippen molar-refractivity contribution in [1.82, 2.24) is 20.2 Å². The molecule has 0 aliphatic heterocycles. The monoisotopic (exact) mass is 333 g/mol. The Hall–Kier alpha value is -3.28. The number of pyridine rings is 1. The number of carbonyl (C=O) groups excluding carboxylic acids is 1. The molecular weight excluding hydrogens is 314 g/mol. The number of hydrogen-bond donors (Lipinski definition) is 1. The fourth-order valence-electron chi connectivity index (χ4n) is 2.45. The first kappa shape index (κ1) is 16.6. The van der Waals surface area contributed by atoms with Crippen LogP contribution in [0.5, 0.6) is 0 Å². The second-order valence-electron chi connectivity index (χ2n) is 5.77. The molecule has 0 aliphatic carbocycles. The second-order valence-corrected chi connectivity index (χ2v) is 5.77. The van der Waals surface area contributed by atoms with Gasteiger partial charge in [-0.05, 0) is 43.7 Å². The Labute approximate surface area is 146 Å². The van der Waals surface area contributed by atoms with Gasteiger partial charge < -0.3 is 0 Å². The first-order valence-corrected chi connectivity index (χ1v) is 7.95. The largest absolute Gasteiger partial charge is 0.271 e. The standard InChI is InChI=1S/C19H19N5O/c1-14-10-15(2)24(23-14)13-16-5-7-18(8-6-16)19(25)22-21-12-17-4-3-9-20-11-17/h3-12H,13H2,1-2H3,(H,22,25). The lowest BCUT2D eigenvalue weighted by Crippen LogP contribution is -2.17. The Morgan fingerprint density at radius 3 is 2.68 bits per heavy atom. The SMILES string of the molecule is Cc1cc(C)n(Cc2ccc(C(=O)NN=Cc3cccnc3)cc2)n1. The Bertz CT molecular complexity index is 882. The molecule has 126 valence electrons. The molecule has 0 spiro atoms. The number of carbonyl (C=O) groups is 1. The number of rotatable bonds is 5. The molecule has 6 heteroatoms. The van der Waals surface area contributed by atoms with Gasteiger partial charge in [-0.25, -0.2) is 5.43 Å². The lowest BCUT2D eigenvalue weighted by atomic mass is 10.1. The van der Waals surface area contributed by atoms with E-state index in [-0.39, 0.29) is 5.91 Å². The van der Waals surface area contributed by atoms with E-state index in [1.165, 1.54) is 0 Å². The molecule has 0 saturated heterocycles. The summed E-state index contributed by atoms with van der Waals surface area (Å²) in [6.07, 6.45) is 4.91. The predicted molar refractivity (Wildman–Crippen MR) is 96.5 cm³/mol. The molecule has 2 heterocycles. The maximum atomic E-state index is 12.1. The fraction of sp³-hybridized carbons (Fsp3) is 0.158. The van der Waals surface area contributed by atoms with Crippen LogP contribution >= 0.6 is 0 Å². The van der Waals surface area contributed by atoms with E-state index < -0.39 is 0 Å². The van der Waals surface area contributed by atoms with Gasteiger partial charge in [-0.1, -0.05) is 18.2 Å². The number of hydrogen-bond acceptors (Lipinski definition) is 4. The van der Waals surface area contributed by atoms with Gasteiger partial charge in [0.05, 0.1) is 18.5 Å².